The van der Waals surface area contributed by atoms with Gasteiger partial charge in [-0.15, -0.1) is 15.3 Å². The van der Waals surface area contributed by atoms with E-state index in [-0.39, 0.29) is 39.2 Å². The van der Waals surface area contributed by atoms with Gasteiger partial charge in [-0.2, -0.15) is 18.5 Å². The normalized spacial score (nSPS) is 12.2. The van der Waals surface area contributed by atoms with E-state index in [1.165, 1.54) is 12.1 Å². The highest BCUT2D eigenvalue weighted by Crippen LogP contribution is 2.46. The lowest BCUT2D eigenvalue weighted by Crippen LogP contribution is -1.98. The summed E-state index contributed by atoms with van der Waals surface area (Å²) in [5.41, 5.74) is 10.7. The van der Waals surface area contributed by atoms with Gasteiger partial charge in [0, 0.05) is 6.42 Å². The number of fused-ring (bicyclic) bond motifs is 1. The van der Waals surface area contributed by atoms with Crippen molar-refractivity contribution in [2.75, 3.05) is 5.73 Å². The molecule has 13 heteroatoms. The lowest BCUT2D eigenvalue weighted by atomic mass is 9.99. The summed E-state index contributed by atoms with van der Waals surface area (Å²) < 4.78 is 38.4. The molecule has 5 rings (SSSR count). The van der Waals surface area contributed by atoms with Crippen molar-refractivity contribution in [2.45, 2.75) is 39.0 Å². The third kappa shape index (κ3) is 5.60. The quantitative estimate of drug-likeness (QED) is 0.0981. The second-order valence-electron chi connectivity index (χ2n) is 9.70. The molecule has 0 saturated carbocycles. The fraction of sp³-hybridized carbons (Fsp3) is 0.172. The number of nitrogens with two attached hydrogens (primary N) is 1. The van der Waals surface area contributed by atoms with Crippen molar-refractivity contribution in [1.82, 2.24) is 10.1 Å². The van der Waals surface area contributed by atoms with E-state index in [1.54, 1.807) is 6.92 Å². The molecule has 0 amide bonds. The van der Waals surface area contributed by atoms with E-state index in [0.29, 0.717) is 40.0 Å². The number of phenols is 1. The molecule has 1 aromatic heterocycles. The van der Waals surface area contributed by atoms with Gasteiger partial charge in [0.05, 0.1) is 32.9 Å². The van der Waals surface area contributed by atoms with Crippen LogP contribution in [0.4, 0.5) is 28.4 Å². The number of azo groups is 2. The highest BCUT2D eigenvalue weighted by Gasteiger charge is 2.20. The van der Waals surface area contributed by atoms with Crippen molar-refractivity contribution in [2.24, 2.45) is 20.5 Å². The number of rotatable bonds is 7. The fourth-order valence-electron chi connectivity index (χ4n) is 4.37. The van der Waals surface area contributed by atoms with Crippen molar-refractivity contribution in [3.05, 3.63) is 77.1 Å². The zero-order valence-corrected chi connectivity index (χ0v) is 24.0. The molecule has 0 aliphatic rings. The van der Waals surface area contributed by atoms with E-state index >= 15 is 0 Å². The molecule has 0 bridgehead atoms. The molecule has 4 aromatic carbocycles. The smallest absolute Gasteiger partial charge is 0.294 e. The van der Waals surface area contributed by atoms with Crippen LogP contribution < -0.4 is 5.73 Å². The lowest BCUT2D eigenvalue weighted by Gasteiger charge is -2.13. The molecule has 0 saturated heterocycles. The second kappa shape index (κ2) is 11.1. The molecular weight excluding hydrogens is 558 g/mol. The largest absolute Gasteiger partial charge is 0.505 e. The summed E-state index contributed by atoms with van der Waals surface area (Å²) in [5, 5.41) is 33.4. The second-order valence-corrected chi connectivity index (χ2v) is 11.1. The van der Waals surface area contributed by atoms with Crippen molar-refractivity contribution in [3.63, 3.8) is 0 Å². The summed E-state index contributed by atoms with van der Waals surface area (Å²) in [6, 6.07) is 14.9. The lowest BCUT2D eigenvalue weighted by molar-refractivity contribution is 0.423. The minimum Gasteiger partial charge on any atom is -0.505 e. The zero-order chi connectivity index (χ0) is 30.2. The Hall–Kier alpha value is -5.01. The maximum atomic E-state index is 11.8. The average Bonchev–Trinajstić information content (AvgIpc) is 3.42. The molecule has 0 radical (unpaired) electrons. The van der Waals surface area contributed by atoms with Gasteiger partial charge in [-0.1, -0.05) is 29.8 Å². The van der Waals surface area contributed by atoms with Crippen LogP contribution in [0.15, 0.2) is 84.5 Å². The number of hydrogen-bond donors (Lipinski definition) is 3. The Morgan fingerprint density at radius 3 is 2.21 bits per heavy atom. The van der Waals surface area contributed by atoms with Crippen LogP contribution in [0.1, 0.15) is 29.4 Å². The van der Waals surface area contributed by atoms with Crippen LogP contribution in [-0.4, -0.2) is 28.2 Å². The zero-order valence-electron chi connectivity index (χ0n) is 23.2. The molecule has 12 nitrogen and oxygen atoms in total. The Morgan fingerprint density at radius 1 is 0.905 bits per heavy atom. The van der Waals surface area contributed by atoms with Crippen LogP contribution in [-0.2, 0) is 16.5 Å². The van der Waals surface area contributed by atoms with Crippen molar-refractivity contribution in [3.8, 4) is 17.2 Å². The standard InChI is InChI=1S/C29H27N7O5S/c1-5-23-31-29(41-36-23)21-14-20(42(38,39)40)10-11-22(21)33-35-27-17(4)13-18-12-16(3)26(25(30)24(18)28(27)37)34-32-19-8-6-15(2)7-9-19/h6-14,37H,5,30H2,1-4H3,(H,38,39,40). The molecule has 1 heterocycles. The maximum Gasteiger partial charge on any atom is 0.294 e. The summed E-state index contributed by atoms with van der Waals surface area (Å²) in [6.07, 6.45) is 0.482. The minimum absolute atomic E-state index is 0.00550. The number of aromatic nitrogens is 2. The Balaban J connectivity index is 1.61. The Bertz CT molecular complexity index is 2000. The van der Waals surface area contributed by atoms with Crippen molar-refractivity contribution >= 4 is 49.3 Å². The summed E-state index contributed by atoms with van der Waals surface area (Å²) in [6.45, 7) is 7.43. The van der Waals surface area contributed by atoms with Gasteiger partial charge in [0.1, 0.15) is 11.4 Å². The average molecular weight is 586 g/mol. The summed E-state index contributed by atoms with van der Waals surface area (Å²) in [4.78, 5) is 3.86. The molecule has 0 unspecified atom stereocenters. The topological polar surface area (TPSA) is 189 Å². The molecule has 42 heavy (non-hydrogen) atoms. The Morgan fingerprint density at radius 2 is 1.57 bits per heavy atom. The number of aryl methyl sites for hydroxylation is 4. The molecule has 4 N–H and O–H groups in total. The van der Waals surface area contributed by atoms with E-state index in [4.69, 9.17) is 10.3 Å². The molecule has 0 spiro atoms. The van der Waals surface area contributed by atoms with Gasteiger partial charge in [-0.25, -0.2) is 0 Å². The summed E-state index contributed by atoms with van der Waals surface area (Å²) >= 11 is 0. The third-order valence-corrected chi connectivity index (χ3v) is 7.45. The number of nitrogen functional groups attached to an aromatic ring is 1. The predicted octanol–water partition coefficient (Wildman–Crippen LogP) is 7.74. The predicted molar refractivity (Wildman–Crippen MR) is 158 cm³/mol. The monoisotopic (exact) mass is 585 g/mol. The van der Waals surface area contributed by atoms with E-state index in [0.717, 1.165) is 17.2 Å². The van der Waals surface area contributed by atoms with Gasteiger partial charge < -0.3 is 15.4 Å². The van der Waals surface area contributed by atoms with Gasteiger partial charge in [0.25, 0.3) is 16.0 Å². The Kier molecular flexibility index (Phi) is 7.54. The molecule has 5 aromatic rings. The van der Waals surface area contributed by atoms with Gasteiger partial charge in [0.15, 0.2) is 11.6 Å². The van der Waals surface area contributed by atoms with E-state index in [9.17, 15) is 18.1 Å². The van der Waals surface area contributed by atoms with Crippen LogP contribution in [0.5, 0.6) is 5.75 Å². The first-order valence-corrected chi connectivity index (χ1v) is 14.3. The summed E-state index contributed by atoms with van der Waals surface area (Å²) in [5.74, 6) is 0.184. The van der Waals surface area contributed by atoms with Gasteiger partial charge in [0.2, 0.25) is 0 Å². The van der Waals surface area contributed by atoms with E-state index in [1.807, 2.05) is 57.2 Å². The van der Waals surface area contributed by atoms with E-state index in [2.05, 4.69) is 30.6 Å². The molecular formula is C29H27N7O5S. The molecule has 214 valence electrons. The van der Waals surface area contributed by atoms with Gasteiger partial charge in [-0.3, -0.25) is 4.55 Å². The third-order valence-electron chi connectivity index (χ3n) is 6.60. The number of benzene rings is 4. The number of nitrogens with zero attached hydrogens (tertiary/aromatic N) is 6. The molecule has 0 aliphatic heterocycles. The SMILES string of the molecule is CCc1noc(-c2cc(S(=O)(=O)O)ccc2N=Nc2c(C)cc3cc(C)c(N=Nc4ccc(C)cc4)c(N)c3c2O)n1. The fourth-order valence-corrected chi connectivity index (χ4v) is 4.87. The maximum absolute atomic E-state index is 11.8. The number of anilines is 1. The number of phenolic OH excluding ortho intramolecular Hbond substituents is 1. The first-order chi connectivity index (χ1) is 20.0. The van der Waals surface area contributed by atoms with Crippen LogP contribution >= 0.6 is 0 Å². The summed E-state index contributed by atoms with van der Waals surface area (Å²) in [7, 11) is -4.52. The van der Waals surface area contributed by atoms with Crippen molar-refractivity contribution in [1.29, 1.82) is 0 Å². The highest BCUT2D eigenvalue weighted by molar-refractivity contribution is 7.85. The highest BCUT2D eigenvalue weighted by atomic mass is 32.2. The first-order valence-electron chi connectivity index (χ1n) is 12.9. The van der Waals surface area contributed by atoms with E-state index < -0.39 is 10.1 Å². The first kappa shape index (κ1) is 28.5. The molecule has 0 aliphatic carbocycles. The number of aromatic hydroxyl groups is 1. The number of hydrogen-bond acceptors (Lipinski definition) is 11. The molecule has 0 fully saturated rings. The minimum atomic E-state index is -4.52. The Labute approximate surface area is 241 Å². The van der Waals surface area contributed by atoms with Crippen molar-refractivity contribution < 1.29 is 22.6 Å². The molecule has 0 atom stereocenters. The van der Waals surface area contributed by atoms with Gasteiger partial charge in [-0.05, 0) is 79.7 Å². The van der Waals surface area contributed by atoms with Crippen LogP contribution in [0.3, 0.4) is 0 Å². The van der Waals surface area contributed by atoms with Crippen LogP contribution in [0.25, 0.3) is 22.2 Å². The van der Waals surface area contributed by atoms with Crippen LogP contribution in [0, 0.1) is 20.8 Å². The van der Waals surface area contributed by atoms with Gasteiger partial charge >= 0.3 is 0 Å². The van der Waals surface area contributed by atoms with Crippen LogP contribution in [0.2, 0.25) is 0 Å².